The number of hydrogen-bond acceptors (Lipinski definition) is 6. The van der Waals surface area contributed by atoms with Crippen LogP contribution < -0.4 is 14.4 Å². The lowest BCUT2D eigenvalue weighted by molar-refractivity contribution is -0.120. The molecule has 2 aromatic carbocycles. The van der Waals surface area contributed by atoms with E-state index < -0.39 is 0 Å². The van der Waals surface area contributed by atoms with E-state index >= 15 is 0 Å². The van der Waals surface area contributed by atoms with Crippen LogP contribution in [0.25, 0.3) is 5.57 Å². The van der Waals surface area contributed by atoms with Crippen LogP contribution in [-0.4, -0.2) is 68.1 Å². The molecule has 0 aromatic heterocycles. The van der Waals surface area contributed by atoms with E-state index in [2.05, 4.69) is 11.9 Å². The summed E-state index contributed by atoms with van der Waals surface area (Å²) in [5, 5.41) is 0. The Labute approximate surface area is 195 Å². The van der Waals surface area contributed by atoms with Gasteiger partial charge in [-0.05, 0) is 50.2 Å². The Bertz CT molecular complexity index is 1040. The second-order valence-corrected chi connectivity index (χ2v) is 8.23. The highest BCUT2D eigenvalue weighted by molar-refractivity contribution is 6.45. The van der Waals surface area contributed by atoms with Crippen molar-refractivity contribution in [3.05, 3.63) is 59.8 Å². The summed E-state index contributed by atoms with van der Waals surface area (Å²) in [6, 6.07) is 14.6. The number of piperazine rings is 1. The molecule has 174 valence electrons. The van der Waals surface area contributed by atoms with Gasteiger partial charge in [0.05, 0.1) is 24.5 Å². The maximum atomic E-state index is 13.8. The number of nitrogens with zero attached hydrogens (tertiary/aromatic N) is 3. The average molecular weight is 450 g/mol. The van der Waals surface area contributed by atoms with Gasteiger partial charge in [-0.2, -0.15) is 0 Å². The van der Waals surface area contributed by atoms with Gasteiger partial charge in [0.1, 0.15) is 17.2 Å². The van der Waals surface area contributed by atoms with E-state index in [-0.39, 0.29) is 11.8 Å². The Balaban J connectivity index is 1.76. The molecule has 0 saturated carbocycles. The summed E-state index contributed by atoms with van der Waals surface area (Å²) in [5.41, 5.74) is 2.08. The van der Waals surface area contributed by atoms with Gasteiger partial charge in [0.2, 0.25) is 0 Å². The first-order chi connectivity index (χ1) is 16.0. The molecule has 0 radical (unpaired) electrons. The molecule has 7 heteroatoms. The third-order valence-corrected chi connectivity index (χ3v) is 5.90. The Morgan fingerprint density at radius 1 is 0.848 bits per heavy atom. The molecular formula is C26H31N3O4. The van der Waals surface area contributed by atoms with E-state index in [4.69, 9.17) is 9.47 Å². The van der Waals surface area contributed by atoms with Crippen molar-refractivity contribution in [2.45, 2.75) is 20.3 Å². The molecule has 0 bridgehead atoms. The molecule has 7 nitrogen and oxygen atoms in total. The van der Waals surface area contributed by atoms with Gasteiger partial charge < -0.3 is 19.3 Å². The Hall–Kier alpha value is -3.32. The maximum Gasteiger partial charge on any atom is 0.282 e. The van der Waals surface area contributed by atoms with Gasteiger partial charge in [-0.25, -0.2) is 4.90 Å². The van der Waals surface area contributed by atoms with Gasteiger partial charge in [0.25, 0.3) is 11.8 Å². The third-order valence-electron chi connectivity index (χ3n) is 5.90. The van der Waals surface area contributed by atoms with Gasteiger partial charge in [-0.1, -0.05) is 31.2 Å². The van der Waals surface area contributed by atoms with E-state index in [9.17, 15) is 9.59 Å². The normalized spacial score (nSPS) is 17.2. The molecule has 0 unspecified atom stereocenters. The van der Waals surface area contributed by atoms with Crippen LogP contribution in [0.2, 0.25) is 0 Å². The lowest BCUT2D eigenvalue weighted by Gasteiger charge is -2.34. The van der Waals surface area contributed by atoms with Crippen LogP contribution in [0.3, 0.4) is 0 Å². The summed E-state index contributed by atoms with van der Waals surface area (Å²) in [4.78, 5) is 33.1. The van der Waals surface area contributed by atoms with Crippen LogP contribution in [0.15, 0.2) is 54.2 Å². The van der Waals surface area contributed by atoms with Crippen LogP contribution in [0.4, 0.5) is 5.69 Å². The zero-order valence-corrected chi connectivity index (χ0v) is 19.5. The zero-order valence-electron chi connectivity index (χ0n) is 19.5. The number of likely N-dealkylation sites (N-methyl/N-ethyl adjacent to an activating group) is 1. The predicted octanol–water partition coefficient (Wildman–Crippen LogP) is 3.41. The highest BCUT2D eigenvalue weighted by Crippen LogP contribution is 2.39. The van der Waals surface area contributed by atoms with Crippen LogP contribution in [0, 0.1) is 0 Å². The van der Waals surface area contributed by atoms with Crippen molar-refractivity contribution >= 4 is 23.1 Å². The number of carbonyl (C=O) groups is 2. The number of ether oxygens (including phenoxy) is 2. The minimum Gasteiger partial charge on any atom is -0.494 e. The first-order valence-corrected chi connectivity index (χ1v) is 11.6. The molecule has 0 aliphatic carbocycles. The molecule has 1 saturated heterocycles. The third kappa shape index (κ3) is 4.59. The van der Waals surface area contributed by atoms with E-state index in [1.54, 1.807) is 12.1 Å². The van der Waals surface area contributed by atoms with Crippen molar-refractivity contribution in [3.8, 4) is 11.5 Å². The second kappa shape index (κ2) is 10.1. The number of amides is 2. The van der Waals surface area contributed by atoms with Gasteiger partial charge in [0.15, 0.2) is 0 Å². The molecule has 2 aliphatic heterocycles. The first kappa shape index (κ1) is 22.9. The SMILES string of the molecule is CCCOc1ccccc1N1C(=O)C(c2ccc(OCC)cc2)=C(N2CCN(C)CC2)C1=O. The van der Waals surface area contributed by atoms with Crippen molar-refractivity contribution in [1.29, 1.82) is 0 Å². The van der Waals surface area contributed by atoms with Crippen LogP contribution in [0.5, 0.6) is 11.5 Å². The molecule has 1 fully saturated rings. The number of hydrogen-bond donors (Lipinski definition) is 0. The van der Waals surface area contributed by atoms with Crippen molar-refractivity contribution in [2.75, 3.05) is 51.3 Å². The molecule has 4 rings (SSSR count). The maximum absolute atomic E-state index is 13.8. The summed E-state index contributed by atoms with van der Waals surface area (Å²) in [6.07, 6.45) is 0.832. The van der Waals surface area contributed by atoms with E-state index in [1.807, 2.05) is 55.1 Å². The highest BCUT2D eigenvalue weighted by atomic mass is 16.5. The summed E-state index contributed by atoms with van der Waals surface area (Å²) in [6.45, 7) is 8.06. The van der Waals surface area contributed by atoms with Crippen LogP contribution in [0.1, 0.15) is 25.8 Å². The number of rotatable bonds is 8. The summed E-state index contributed by atoms with van der Waals surface area (Å²) in [5.74, 6) is 0.633. The zero-order chi connectivity index (χ0) is 23.4. The second-order valence-electron chi connectivity index (χ2n) is 8.23. The van der Waals surface area contributed by atoms with Gasteiger partial charge in [-0.3, -0.25) is 9.59 Å². The highest BCUT2D eigenvalue weighted by Gasteiger charge is 2.43. The van der Waals surface area contributed by atoms with Gasteiger partial charge in [-0.15, -0.1) is 0 Å². The van der Waals surface area contributed by atoms with Crippen molar-refractivity contribution in [2.24, 2.45) is 0 Å². The Morgan fingerprint density at radius 2 is 1.55 bits per heavy atom. The largest absolute Gasteiger partial charge is 0.494 e. The van der Waals surface area contributed by atoms with Crippen molar-refractivity contribution < 1.29 is 19.1 Å². The number of anilines is 1. The minimum atomic E-state index is -0.328. The lowest BCUT2D eigenvalue weighted by Crippen LogP contribution is -2.46. The molecule has 2 heterocycles. The summed E-state index contributed by atoms with van der Waals surface area (Å²) in [7, 11) is 2.06. The average Bonchev–Trinajstić information content (AvgIpc) is 3.09. The van der Waals surface area contributed by atoms with E-state index in [1.165, 1.54) is 4.90 Å². The van der Waals surface area contributed by atoms with Crippen molar-refractivity contribution in [3.63, 3.8) is 0 Å². The van der Waals surface area contributed by atoms with Gasteiger partial charge >= 0.3 is 0 Å². The standard InChI is InChI=1S/C26H31N3O4/c1-4-18-33-22-9-7-6-8-21(22)29-25(30)23(19-10-12-20(13-11-19)32-5-2)24(26(29)31)28-16-14-27(3)15-17-28/h6-13H,4-5,14-18H2,1-3H3. The quantitative estimate of drug-likeness (QED) is 0.576. The molecular weight excluding hydrogens is 418 g/mol. The fourth-order valence-electron chi connectivity index (χ4n) is 4.18. The number of carbonyl (C=O) groups excluding carboxylic acids is 2. The summed E-state index contributed by atoms with van der Waals surface area (Å²) < 4.78 is 11.4. The smallest absolute Gasteiger partial charge is 0.282 e. The number of para-hydroxylation sites is 2. The van der Waals surface area contributed by atoms with E-state index in [0.29, 0.717) is 54.6 Å². The molecule has 0 N–H and O–H groups in total. The first-order valence-electron chi connectivity index (χ1n) is 11.6. The monoisotopic (exact) mass is 449 g/mol. The molecule has 2 aliphatic rings. The number of benzene rings is 2. The number of imide groups is 1. The lowest BCUT2D eigenvalue weighted by atomic mass is 10.0. The molecule has 0 spiro atoms. The van der Waals surface area contributed by atoms with Crippen molar-refractivity contribution in [1.82, 2.24) is 9.80 Å². The Kier molecular flexibility index (Phi) is 6.99. The predicted molar refractivity (Wildman–Crippen MR) is 128 cm³/mol. The topological polar surface area (TPSA) is 62.3 Å². The summed E-state index contributed by atoms with van der Waals surface area (Å²) >= 11 is 0. The fraction of sp³-hybridized carbons (Fsp3) is 0.385. The van der Waals surface area contributed by atoms with Crippen LogP contribution in [-0.2, 0) is 9.59 Å². The minimum absolute atomic E-state index is 0.305. The van der Waals surface area contributed by atoms with E-state index in [0.717, 1.165) is 25.3 Å². The van der Waals surface area contributed by atoms with Gasteiger partial charge in [0, 0.05) is 26.2 Å². The van der Waals surface area contributed by atoms with Crippen LogP contribution >= 0.6 is 0 Å². The molecule has 0 atom stereocenters. The molecule has 33 heavy (non-hydrogen) atoms. The fourth-order valence-corrected chi connectivity index (χ4v) is 4.18. The molecule has 2 aromatic rings. The Morgan fingerprint density at radius 3 is 2.21 bits per heavy atom. The molecule has 2 amide bonds.